The van der Waals surface area contributed by atoms with Gasteiger partial charge in [-0.1, -0.05) is 24.3 Å². The molecular weight excluding hydrogens is 418 g/mol. The maximum Gasteiger partial charge on any atom is 0.269 e. The summed E-state index contributed by atoms with van der Waals surface area (Å²) in [4.78, 5) is 30.7. The molecule has 1 amide bonds. The standard InChI is InChI=1S/C21H19N5O4S/c22-13-16-5-1-4-8-19(16)31(29,30)25-11-9-24(10-12-25)21(28)15-26-18-7-3-2-6-17(18)23-14-20(26)27/h1-8,14H,9-12,15H2. The van der Waals surface area contributed by atoms with Crippen molar-refractivity contribution in [2.24, 2.45) is 0 Å². The van der Waals surface area contributed by atoms with Crippen molar-refractivity contribution in [3.05, 3.63) is 70.6 Å². The van der Waals surface area contributed by atoms with Gasteiger partial charge in [-0.15, -0.1) is 0 Å². The van der Waals surface area contributed by atoms with Gasteiger partial charge in [0.05, 0.1) is 27.7 Å². The van der Waals surface area contributed by atoms with E-state index in [-0.39, 0.29) is 54.6 Å². The van der Waals surface area contributed by atoms with Crippen LogP contribution in [0.25, 0.3) is 11.0 Å². The van der Waals surface area contributed by atoms with E-state index in [9.17, 15) is 23.3 Å². The van der Waals surface area contributed by atoms with Crippen molar-refractivity contribution in [1.82, 2.24) is 18.8 Å². The van der Waals surface area contributed by atoms with E-state index in [4.69, 9.17) is 0 Å². The number of benzene rings is 2. The van der Waals surface area contributed by atoms with Crippen molar-refractivity contribution >= 4 is 27.0 Å². The molecule has 31 heavy (non-hydrogen) atoms. The summed E-state index contributed by atoms with van der Waals surface area (Å²) in [7, 11) is -3.84. The van der Waals surface area contributed by atoms with Gasteiger partial charge >= 0.3 is 0 Å². The molecule has 10 heteroatoms. The predicted molar refractivity (Wildman–Crippen MR) is 112 cm³/mol. The van der Waals surface area contributed by atoms with Gasteiger partial charge in [-0.05, 0) is 24.3 Å². The second-order valence-electron chi connectivity index (χ2n) is 7.06. The van der Waals surface area contributed by atoms with Crippen LogP contribution in [0.5, 0.6) is 0 Å². The summed E-state index contributed by atoms with van der Waals surface area (Å²) in [5.41, 5.74) is 0.894. The zero-order chi connectivity index (χ0) is 22.0. The Bertz CT molecular complexity index is 1350. The maximum atomic E-state index is 12.9. The third-order valence-electron chi connectivity index (χ3n) is 5.26. The smallest absolute Gasteiger partial charge is 0.269 e. The molecule has 0 unspecified atom stereocenters. The molecule has 4 rings (SSSR count). The van der Waals surface area contributed by atoms with Crippen LogP contribution >= 0.6 is 0 Å². The monoisotopic (exact) mass is 437 g/mol. The van der Waals surface area contributed by atoms with Crippen LogP contribution in [0.2, 0.25) is 0 Å². The van der Waals surface area contributed by atoms with Crippen LogP contribution < -0.4 is 5.56 Å². The summed E-state index contributed by atoms with van der Waals surface area (Å²) in [6, 6.07) is 15.0. The Morgan fingerprint density at radius 2 is 1.71 bits per heavy atom. The Hall–Kier alpha value is -3.55. The van der Waals surface area contributed by atoms with Crippen LogP contribution in [0.15, 0.2) is 64.4 Å². The van der Waals surface area contributed by atoms with Gasteiger partial charge in [-0.2, -0.15) is 9.57 Å². The number of carbonyl (C=O) groups is 1. The number of sulfonamides is 1. The molecule has 2 heterocycles. The van der Waals surface area contributed by atoms with E-state index in [0.29, 0.717) is 11.0 Å². The normalized spacial score (nSPS) is 15.0. The number of nitrogens with zero attached hydrogens (tertiary/aromatic N) is 5. The lowest BCUT2D eigenvalue weighted by molar-refractivity contribution is -0.133. The molecule has 0 spiro atoms. The van der Waals surface area contributed by atoms with E-state index in [1.165, 1.54) is 27.2 Å². The highest BCUT2D eigenvalue weighted by Gasteiger charge is 2.31. The van der Waals surface area contributed by atoms with E-state index in [1.54, 1.807) is 41.3 Å². The third kappa shape index (κ3) is 3.93. The first-order valence-electron chi connectivity index (χ1n) is 9.63. The molecule has 1 aromatic heterocycles. The SMILES string of the molecule is N#Cc1ccccc1S(=O)(=O)N1CCN(C(=O)Cn2c(=O)cnc3ccccc32)CC1. The molecule has 1 fully saturated rings. The topological polar surface area (TPSA) is 116 Å². The van der Waals surface area contributed by atoms with Crippen molar-refractivity contribution in [3.63, 3.8) is 0 Å². The summed E-state index contributed by atoms with van der Waals surface area (Å²) in [5.74, 6) is -0.270. The highest BCUT2D eigenvalue weighted by Crippen LogP contribution is 2.21. The number of amides is 1. The van der Waals surface area contributed by atoms with E-state index < -0.39 is 10.0 Å². The van der Waals surface area contributed by atoms with Crippen molar-refractivity contribution < 1.29 is 13.2 Å². The minimum absolute atomic E-state index is 0.0351. The Labute approximate surface area is 178 Å². The molecule has 0 radical (unpaired) electrons. The molecule has 0 N–H and O–H groups in total. The van der Waals surface area contributed by atoms with Gasteiger partial charge in [0.25, 0.3) is 5.56 Å². The molecule has 0 atom stereocenters. The minimum atomic E-state index is -3.84. The first-order valence-corrected chi connectivity index (χ1v) is 11.1. The van der Waals surface area contributed by atoms with Crippen LogP contribution in [-0.4, -0.2) is 59.3 Å². The van der Waals surface area contributed by atoms with E-state index in [1.807, 2.05) is 6.07 Å². The molecule has 3 aromatic rings. The van der Waals surface area contributed by atoms with Crippen molar-refractivity contribution in [3.8, 4) is 6.07 Å². The van der Waals surface area contributed by atoms with Crippen LogP contribution in [0, 0.1) is 11.3 Å². The van der Waals surface area contributed by atoms with Crippen molar-refractivity contribution in [2.75, 3.05) is 26.2 Å². The third-order valence-corrected chi connectivity index (χ3v) is 7.22. The van der Waals surface area contributed by atoms with E-state index in [0.717, 1.165) is 0 Å². The number of carbonyl (C=O) groups excluding carboxylic acids is 1. The average Bonchev–Trinajstić information content (AvgIpc) is 2.81. The quantitative estimate of drug-likeness (QED) is 0.596. The molecule has 1 saturated heterocycles. The Kier molecular flexibility index (Phi) is 5.54. The van der Waals surface area contributed by atoms with Crippen LogP contribution in [0.1, 0.15) is 5.56 Å². The molecule has 158 valence electrons. The lowest BCUT2D eigenvalue weighted by atomic mass is 10.2. The number of rotatable bonds is 4. The Balaban J connectivity index is 1.49. The summed E-state index contributed by atoms with van der Waals surface area (Å²) in [6.45, 7) is 0.473. The average molecular weight is 437 g/mol. The molecule has 1 aliphatic heterocycles. The summed E-state index contributed by atoms with van der Waals surface area (Å²) < 4.78 is 28.5. The fourth-order valence-electron chi connectivity index (χ4n) is 3.61. The zero-order valence-corrected chi connectivity index (χ0v) is 17.3. The maximum absolute atomic E-state index is 12.9. The van der Waals surface area contributed by atoms with Crippen LogP contribution in [0.4, 0.5) is 0 Å². The Morgan fingerprint density at radius 3 is 2.45 bits per heavy atom. The van der Waals surface area contributed by atoms with Crippen LogP contribution in [0.3, 0.4) is 0 Å². The number of aromatic nitrogens is 2. The molecular formula is C21H19N5O4S. The van der Waals surface area contributed by atoms with Crippen molar-refractivity contribution in [1.29, 1.82) is 5.26 Å². The number of piperazine rings is 1. The highest BCUT2D eigenvalue weighted by molar-refractivity contribution is 7.89. The van der Waals surface area contributed by atoms with Gasteiger partial charge in [0, 0.05) is 26.2 Å². The summed E-state index contributed by atoms with van der Waals surface area (Å²) >= 11 is 0. The predicted octanol–water partition coefficient (Wildman–Crippen LogP) is 0.801. The van der Waals surface area contributed by atoms with Gasteiger partial charge in [0.1, 0.15) is 12.6 Å². The molecule has 0 aliphatic carbocycles. The van der Waals surface area contributed by atoms with Gasteiger partial charge in [-0.3, -0.25) is 14.2 Å². The highest BCUT2D eigenvalue weighted by atomic mass is 32.2. The molecule has 0 saturated carbocycles. The summed E-state index contributed by atoms with van der Waals surface area (Å²) in [6.07, 6.45) is 1.19. The van der Waals surface area contributed by atoms with Gasteiger partial charge < -0.3 is 4.90 Å². The number of fused-ring (bicyclic) bond motifs is 1. The fourth-order valence-corrected chi connectivity index (χ4v) is 5.18. The van der Waals surface area contributed by atoms with Crippen LogP contribution in [-0.2, 0) is 21.4 Å². The number of para-hydroxylation sites is 2. The fraction of sp³-hybridized carbons (Fsp3) is 0.238. The number of hydrogen-bond acceptors (Lipinski definition) is 6. The minimum Gasteiger partial charge on any atom is -0.338 e. The largest absolute Gasteiger partial charge is 0.338 e. The lowest BCUT2D eigenvalue weighted by Gasteiger charge is -2.34. The number of hydrogen-bond donors (Lipinski definition) is 0. The first kappa shape index (κ1) is 20.7. The zero-order valence-electron chi connectivity index (χ0n) is 16.5. The molecule has 1 aliphatic rings. The summed E-state index contributed by atoms with van der Waals surface area (Å²) in [5, 5.41) is 9.21. The van der Waals surface area contributed by atoms with E-state index in [2.05, 4.69) is 4.98 Å². The van der Waals surface area contributed by atoms with Gasteiger partial charge in [0.2, 0.25) is 15.9 Å². The lowest BCUT2D eigenvalue weighted by Crippen LogP contribution is -2.51. The molecule has 9 nitrogen and oxygen atoms in total. The second kappa shape index (κ2) is 8.29. The first-order chi connectivity index (χ1) is 14.9. The van der Waals surface area contributed by atoms with Gasteiger partial charge in [0.15, 0.2) is 0 Å². The Morgan fingerprint density at radius 1 is 1.03 bits per heavy atom. The number of nitriles is 1. The van der Waals surface area contributed by atoms with Crippen molar-refractivity contribution in [2.45, 2.75) is 11.4 Å². The molecule has 2 aromatic carbocycles. The van der Waals surface area contributed by atoms with Gasteiger partial charge in [-0.25, -0.2) is 13.4 Å². The van der Waals surface area contributed by atoms with E-state index >= 15 is 0 Å². The second-order valence-corrected chi connectivity index (χ2v) is 8.97. The molecule has 0 bridgehead atoms.